The topological polar surface area (TPSA) is 43.1 Å². The van der Waals surface area contributed by atoms with Gasteiger partial charge in [-0.25, -0.2) is 0 Å². The number of terminal acetylenes is 1. The summed E-state index contributed by atoms with van der Waals surface area (Å²) in [5.41, 5.74) is 8.35. The number of rotatable bonds is 2. The first kappa shape index (κ1) is 17.4. The molecule has 2 heteroatoms. The highest BCUT2D eigenvalue weighted by molar-refractivity contribution is 5.25. The number of carbonyl (C=O) groups is 1. The maximum absolute atomic E-state index is 8.00. The van der Waals surface area contributed by atoms with Crippen molar-refractivity contribution in [1.82, 2.24) is 0 Å². The van der Waals surface area contributed by atoms with Gasteiger partial charge in [0.2, 0.25) is 0 Å². The highest BCUT2D eigenvalue weighted by Crippen LogP contribution is 2.35. The molecule has 2 N–H and O–H groups in total. The van der Waals surface area contributed by atoms with E-state index in [1.165, 1.54) is 36.8 Å². The molecule has 2 rings (SSSR count). The van der Waals surface area contributed by atoms with Crippen LogP contribution in [-0.2, 0) is 11.3 Å². The summed E-state index contributed by atoms with van der Waals surface area (Å²) in [4.78, 5) is 8.00. The van der Waals surface area contributed by atoms with Gasteiger partial charge in [-0.2, -0.15) is 0 Å². The van der Waals surface area contributed by atoms with Crippen LogP contribution in [0, 0.1) is 18.8 Å². The predicted octanol–water partition coefficient (Wildman–Crippen LogP) is 3.50. The van der Waals surface area contributed by atoms with E-state index in [4.69, 9.17) is 10.5 Å². The summed E-state index contributed by atoms with van der Waals surface area (Å²) in [6, 6.07) is 8.89. The molecule has 2 nitrogen and oxygen atoms in total. The lowest BCUT2D eigenvalue weighted by molar-refractivity contribution is -0.0979. The van der Waals surface area contributed by atoms with Crippen molar-refractivity contribution in [3.05, 3.63) is 35.4 Å². The van der Waals surface area contributed by atoms with Crippen LogP contribution in [0.2, 0.25) is 0 Å². The van der Waals surface area contributed by atoms with Crippen LogP contribution in [-0.4, -0.2) is 6.79 Å². The number of hydrogen-bond acceptors (Lipinski definition) is 2. The van der Waals surface area contributed by atoms with E-state index in [1.54, 1.807) is 0 Å². The van der Waals surface area contributed by atoms with Gasteiger partial charge in [0.1, 0.15) is 6.79 Å². The Hall–Kier alpha value is -1.59. The molecule has 0 aliphatic heterocycles. The minimum atomic E-state index is 0.654. The van der Waals surface area contributed by atoms with Gasteiger partial charge >= 0.3 is 0 Å². The first-order valence-electron chi connectivity index (χ1n) is 6.70. The van der Waals surface area contributed by atoms with Crippen LogP contribution in [0.1, 0.15) is 49.7 Å². The van der Waals surface area contributed by atoms with Crippen molar-refractivity contribution in [2.24, 2.45) is 11.7 Å². The standard InChI is InChI=1S/C14H21N.C2H2.CH2O/c1-11-3-2-4-14(9-11)13-7-5-12(10-15)6-8-13;2*1-2/h5-8,11,14H,2-4,9-10,15H2,1H3;1-2H;1H2. The normalized spacial score (nSPS) is 21.3. The Kier molecular flexibility index (Phi) is 9.48. The van der Waals surface area contributed by atoms with E-state index in [2.05, 4.69) is 44.0 Å². The van der Waals surface area contributed by atoms with Gasteiger partial charge in [-0.15, -0.1) is 12.8 Å². The molecule has 0 bridgehead atoms. The zero-order valence-corrected chi connectivity index (χ0v) is 11.8. The molecular formula is C17H25NO. The summed E-state index contributed by atoms with van der Waals surface area (Å²) in [7, 11) is 0. The summed E-state index contributed by atoms with van der Waals surface area (Å²) >= 11 is 0. The van der Waals surface area contributed by atoms with Gasteiger partial charge in [0, 0.05) is 6.54 Å². The van der Waals surface area contributed by atoms with E-state index in [0.717, 1.165) is 11.8 Å². The Labute approximate surface area is 117 Å². The minimum absolute atomic E-state index is 0.654. The molecule has 1 fully saturated rings. The van der Waals surface area contributed by atoms with Gasteiger partial charge in [0.25, 0.3) is 0 Å². The van der Waals surface area contributed by atoms with Crippen LogP contribution in [0.15, 0.2) is 24.3 Å². The van der Waals surface area contributed by atoms with Crippen molar-refractivity contribution in [1.29, 1.82) is 0 Å². The molecule has 1 aromatic carbocycles. The number of carbonyl (C=O) groups excluding carboxylic acids is 1. The predicted molar refractivity (Wildman–Crippen MR) is 81.7 cm³/mol. The van der Waals surface area contributed by atoms with Gasteiger partial charge in [-0.3, -0.25) is 0 Å². The Morgan fingerprint density at radius 3 is 2.26 bits per heavy atom. The zero-order chi connectivity index (χ0) is 14.7. The molecular weight excluding hydrogens is 234 g/mol. The van der Waals surface area contributed by atoms with Gasteiger partial charge in [0.05, 0.1) is 0 Å². The highest BCUT2D eigenvalue weighted by atomic mass is 16.1. The maximum atomic E-state index is 8.00. The molecule has 1 aliphatic rings. The third kappa shape index (κ3) is 5.72. The number of hydrogen-bond donors (Lipinski definition) is 1. The Bertz CT molecular complexity index is 355. The van der Waals surface area contributed by atoms with Gasteiger partial charge in [-0.1, -0.05) is 44.0 Å². The lowest BCUT2D eigenvalue weighted by atomic mass is 9.79. The maximum Gasteiger partial charge on any atom is 0.106 e. The zero-order valence-electron chi connectivity index (χ0n) is 11.8. The van der Waals surface area contributed by atoms with Crippen molar-refractivity contribution in [3.63, 3.8) is 0 Å². The van der Waals surface area contributed by atoms with Crippen molar-refractivity contribution in [2.75, 3.05) is 0 Å². The summed E-state index contributed by atoms with van der Waals surface area (Å²) in [5.74, 6) is 1.69. The third-order valence-electron chi connectivity index (χ3n) is 3.62. The molecule has 0 spiro atoms. The molecule has 0 radical (unpaired) electrons. The van der Waals surface area contributed by atoms with Crippen LogP contribution in [0.25, 0.3) is 0 Å². The number of nitrogens with two attached hydrogens (primary N) is 1. The van der Waals surface area contributed by atoms with Crippen molar-refractivity contribution >= 4 is 6.79 Å². The smallest absolute Gasteiger partial charge is 0.106 e. The van der Waals surface area contributed by atoms with Crippen molar-refractivity contribution in [3.8, 4) is 12.8 Å². The van der Waals surface area contributed by atoms with Crippen LogP contribution >= 0.6 is 0 Å². The monoisotopic (exact) mass is 259 g/mol. The Morgan fingerprint density at radius 1 is 1.21 bits per heavy atom. The fraction of sp³-hybridized carbons (Fsp3) is 0.471. The molecule has 0 heterocycles. The molecule has 2 unspecified atom stereocenters. The molecule has 2 atom stereocenters. The molecule has 104 valence electrons. The lowest BCUT2D eigenvalue weighted by Crippen LogP contribution is -2.11. The molecule has 1 saturated carbocycles. The Balaban J connectivity index is 0.000000741. The summed E-state index contributed by atoms with van der Waals surface area (Å²) < 4.78 is 0. The van der Waals surface area contributed by atoms with E-state index in [0.29, 0.717) is 6.54 Å². The Morgan fingerprint density at radius 2 is 1.79 bits per heavy atom. The van der Waals surface area contributed by atoms with E-state index >= 15 is 0 Å². The largest absolute Gasteiger partial charge is 0.326 e. The van der Waals surface area contributed by atoms with Gasteiger partial charge in [0.15, 0.2) is 0 Å². The lowest BCUT2D eigenvalue weighted by Gasteiger charge is -2.27. The van der Waals surface area contributed by atoms with Crippen LogP contribution in [0.3, 0.4) is 0 Å². The van der Waals surface area contributed by atoms with Crippen LogP contribution in [0.4, 0.5) is 0 Å². The van der Waals surface area contributed by atoms with Crippen molar-refractivity contribution in [2.45, 2.75) is 45.1 Å². The summed E-state index contributed by atoms with van der Waals surface area (Å²) in [6.07, 6.45) is 13.5. The van der Waals surface area contributed by atoms with Crippen LogP contribution < -0.4 is 5.73 Å². The molecule has 1 aliphatic carbocycles. The second-order valence-electron chi connectivity index (χ2n) is 4.91. The van der Waals surface area contributed by atoms with E-state index in [1.807, 2.05) is 6.79 Å². The minimum Gasteiger partial charge on any atom is -0.326 e. The first-order chi connectivity index (χ1) is 9.29. The van der Waals surface area contributed by atoms with Gasteiger partial charge < -0.3 is 10.5 Å². The fourth-order valence-corrected chi connectivity index (χ4v) is 2.66. The second kappa shape index (κ2) is 10.3. The van der Waals surface area contributed by atoms with E-state index < -0.39 is 0 Å². The SMILES string of the molecule is C#C.C=O.CC1CCCC(c2ccc(CN)cc2)C1. The van der Waals surface area contributed by atoms with Crippen molar-refractivity contribution < 1.29 is 4.79 Å². The average Bonchev–Trinajstić information content (AvgIpc) is 2.51. The summed E-state index contributed by atoms with van der Waals surface area (Å²) in [6.45, 7) is 5.03. The molecule has 0 amide bonds. The molecule has 0 saturated heterocycles. The second-order valence-corrected chi connectivity index (χ2v) is 4.91. The molecule has 1 aromatic rings. The highest BCUT2D eigenvalue weighted by Gasteiger charge is 2.19. The average molecular weight is 259 g/mol. The fourth-order valence-electron chi connectivity index (χ4n) is 2.66. The summed E-state index contributed by atoms with van der Waals surface area (Å²) in [5, 5.41) is 0. The number of benzene rings is 1. The molecule has 0 aromatic heterocycles. The van der Waals surface area contributed by atoms with Crippen LogP contribution in [0.5, 0.6) is 0 Å². The van der Waals surface area contributed by atoms with E-state index in [9.17, 15) is 0 Å². The van der Waals surface area contributed by atoms with Gasteiger partial charge in [-0.05, 0) is 35.8 Å². The quantitative estimate of drug-likeness (QED) is 0.826. The third-order valence-corrected chi connectivity index (χ3v) is 3.62. The first-order valence-corrected chi connectivity index (χ1v) is 6.70. The molecule has 19 heavy (non-hydrogen) atoms. The van der Waals surface area contributed by atoms with E-state index in [-0.39, 0.29) is 0 Å².